The van der Waals surface area contributed by atoms with Gasteiger partial charge in [0.05, 0.1) is 18.1 Å². The van der Waals surface area contributed by atoms with Crippen LogP contribution in [-0.2, 0) is 10.2 Å². The average molecular weight is 330 g/mol. The third-order valence-electron chi connectivity index (χ3n) is 5.68. The molecule has 0 amide bonds. The zero-order valence-electron chi connectivity index (χ0n) is 15.1. The number of hydrogen-bond acceptors (Lipinski definition) is 4. The van der Waals surface area contributed by atoms with Gasteiger partial charge in [-0.3, -0.25) is 4.79 Å². The summed E-state index contributed by atoms with van der Waals surface area (Å²) in [6.45, 7) is 8.05. The lowest BCUT2D eigenvalue weighted by Crippen LogP contribution is -2.63. The molecule has 0 bridgehead atoms. The molecule has 1 N–H and O–H groups in total. The van der Waals surface area contributed by atoms with Gasteiger partial charge in [0.25, 0.3) is 0 Å². The quantitative estimate of drug-likeness (QED) is 0.920. The summed E-state index contributed by atoms with van der Waals surface area (Å²) in [5, 5.41) is 11.7. The molecule has 0 spiro atoms. The second-order valence-electron chi connectivity index (χ2n) is 7.22. The van der Waals surface area contributed by atoms with Crippen LogP contribution in [0.15, 0.2) is 24.3 Å². The maximum Gasteiger partial charge on any atom is 0.196 e. The summed E-state index contributed by atoms with van der Waals surface area (Å²) < 4.78 is 11.6. The van der Waals surface area contributed by atoms with E-state index in [0.717, 1.165) is 17.5 Å². The zero-order chi connectivity index (χ0) is 17.7. The minimum Gasteiger partial charge on any atom is -0.493 e. The van der Waals surface area contributed by atoms with Gasteiger partial charge in [0, 0.05) is 5.56 Å². The third kappa shape index (κ3) is 1.92. The predicted molar refractivity (Wildman–Crippen MR) is 92.7 cm³/mol. The van der Waals surface area contributed by atoms with Crippen molar-refractivity contribution in [3.05, 3.63) is 35.4 Å². The summed E-state index contributed by atoms with van der Waals surface area (Å²) in [5.74, 6) is 1.06. The van der Waals surface area contributed by atoms with Crippen molar-refractivity contribution in [3.63, 3.8) is 0 Å². The van der Waals surface area contributed by atoms with Gasteiger partial charge in [-0.25, -0.2) is 0 Å². The summed E-state index contributed by atoms with van der Waals surface area (Å²) in [6, 6.07) is 3.84. The molecule has 1 aromatic rings. The van der Waals surface area contributed by atoms with E-state index < -0.39 is 17.1 Å². The molecule has 4 nitrogen and oxygen atoms in total. The SMILES string of the molecule is CCC[C@]12c3c(C)ccc(OC)c3OC1C(=O)C=CC2(O)C(C)C. The fraction of sp³-hybridized carbons (Fsp3) is 0.550. The van der Waals surface area contributed by atoms with Crippen molar-refractivity contribution in [3.8, 4) is 11.5 Å². The van der Waals surface area contributed by atoms with E-state index in [9.17, 15) is 9.90 Å². The highest BCUT2D eigenvalue weighted by Crippen LogP contribution is 2.59. The van der Waals surface area contributed by atoms with Gasteiger partial charge in [-0.2, -0.15) is 0 Å². The Labute approximate surface area is 143 Å². The normalized spacial score (nSPS) is 31.0. The molecule has 0 saturated carbocycles. The first kappa shape index (κ1) is 17.0. The number of methoxy groups -OCH3 is 1. The minimum atomic E-state index is -1.15. The maximum atomic E-state index is 12.7. The van der Waals surface area contributed by atoms with Crippen LogP contribution in [0.3, 0.4) is 0 Å². The lowest BCUT2D eigenvalue weighted by Gasteiger charge is -2.50. The number of fused-ring (bicyclic) bond motifs is 3. The number of rotatable bonds is 4. The molecule has 0 saturated heterocycles. The molecule has 4 heteroatoms. The molecular formula is C20H26O4. The van der Waals surface area contributed by atoms with Crippen LogP contribution < -0.4 is 9.47 Å². The first-order valence-electron chi connectivity index (χ1n) is 8.63. The molecule has 1 aliphatic heterocycles. The Hall–Kier alpha value is -1.81. The topological polar surface area (TPSA) is 55.8 Å². The van der Waals surface area contributed by atoms with Gasteiger partial charge in [0.15, 0.2) is 23.4 Å². The number of aliphatic hydroxyl groups is 1. The standard InChI is InChI=1S/C20H26O4/c1-6-10-19-16-13(4)7-8-15(23-5)17(16)24-18(19)14(21)9-11-20(19,22)12(2)3/h7-9,11-12,18,22H,6,10H2,1-5H3/t18?,19-,20?/m0/s1. The van der Waals surface area contributed by atoms with E-state index in [0.29, 0.717) is 17.9 Å². The molecule has 3 rings (SSSR count). The van der Waals surface area contributed by atoms with Crippen molar-refractivity contribution in [2.75, 3.05) is 7.11 Å². The number of carbonyl (C=O) groups is 1. The first-order valence-corrected chi connectivity index (χ1v) is 8.63. The van der Waals surface area contributed by atoms with Crippen LogP contribution in [0.25, 0.3) is 0 Å². The van der Waals surface area contributed by atoms with Crippen molar-refractivity contribution < 1.29 is 19.4 Å². The van der Waals surface area contributed by atoms with Crippen molar-refractivity contribution in [2.45, 2.75) is 57.7 Å². The van der Waals surface area contributed by atoms with Gasteiger partial charge < -0.3 is 14.6 Å². The van der Waals surface area contributed by atoms with Crippen molar-refractivity contribution in [1.82, 2.24) is 0 Å². The molecule has 1 aliphatic carbocycles. The fourth-order valence-corrected chi connectivity index (χ4v) is 4.56. The Morgan fingerprint density at radius 1 is 1.38 bits per heavy atom. The molecule has 130 valence electrons. The Kier molecular flexibility index (Phi) is 3.99. The van der Waals surface area contributed by atoms with E-state index in [1.54, 1.807) is 13.2 Å². The molecule has 1 aromatic carbocycles. The highest BCUT2D eigenvalue weighted by atomic mass is 16.5. The van der Waals surface area contributed by atoms with Gasteiger partial charge in [0.2, 0.25) is 0 Å². The lowest BCUT2D eigenvalue weighted by molar-refractivity contribution is -0.135. The maximum absolute atomic E-state index is 12.7. The van der Waals surface area contributed by atoms with Crippen LogP contribution in [-0.4, -0.2) is 29.7 Å². The Morgan fingerprint density at radius 3 is 2.67 bits per heavy atom. The number of benzene rings is 1. The lowest BCUT2D eigenvalue weighted by atomic mass is 9.55. The molecule has 2 aliphatic rings. The monoisotopic (exact) mass is 330 g/mol. The average Bonchev–Trinajstić information content (AvgIpc) is 2.90. The Morgan fingerprint density at radius 2 is 2.08 bits per heavy atom. The molecule has 1 heterocycles. The number of ether oxygens (including phenoxy) is 2. The zero-order valence-corrected chi connectivity index (χ0v) is 15.1. The predicted octanol–water partition coefficient (Wildman–Crippen LogP) is 3.33. The molecular weight excluding hydrogens is 304 g/mol. The van der Waals surface area contributed by atoms with E-state index in [4.69, 9.17) is 9.47 Å². The van der Waals surface area contributed by atoms with Crippen LogP contribution in [0.1, 0.15) is 44.7 Å². The Balaban J connectivity index is 2.38. The summed E-state index contributed by atoms with van der Waals surface area (Å²) in [7, 11) is 1.59. The Bertz CT molecular complexity index is 706. The van der Waals surface area contributed by atoms with E-state index in [1.807, 2.05) is 32.9 Å². The van der Waals surface area contributed by atoms with Crippen LogP contribution >= 0.6 is 0 Å². The number of aryl methyl sites for hydroxylation is 1. The van der Waals surface area contributed by atoms with Crippen molar-refractivity contribution in [2.24, 2.45) is 5.92 Å². The fourth-order valence-electron chi connectivity index (χ4n) is 4.56. The van der Waals surface area contributed by atoms with Crippen molar-refractivity contribution in [1.29, 1.82) is 0 Å². The van der Waals surface area contributed by atoms with Gasteiger partial charge in [-0.15, -0.1) is 0 Å². The van der Waals surface area contributed by atoms with Crippen LogP contribution in [0.4, 0.5) is 0 Å². The van der Waals surface area contributed by atoms with Crippen LogP contribution in [0.2, 0.25) is 0 Å². The molecule has 0 radical (unpaired) electrons. The van der Waals surface area contributed by atoms with E-state index in [-0.39, 0.29) is 11.7 Å². The van der Waals surface area contributed by atoms with Gasteiger partial charge >= 0.3 is 0 Å². The number of ketones is 1. The number of hydrogen-bond donors (Lipinski definition) is 1. The molecule has 24 heavy (non-hydrogen) atoms. The second-order valence-corrected chi connectivity index (χ2v) is 7.22. The second kappa shape index (κ2) is 5.62. The molecule has 3 atom stereocenters. The van der Waals surface area contributed by atoms with E-state index in [2.05, 4.69) is 6.92 Å². The number of carbonyl (C=O) groups excluding carboxylic acids is 1. The molecule has 2 unspecified atom stereocenters. The van der Waals surface area contributed by atoms with Crippen LogP contribution in [0, 0.1) is 12.8 Å². The highest BCUT2D eigenvalue weighted by molar-refractivity contribution is 5.98. The van der Waals surface area contributed by atoms with E-state index in [1.165, 1.54) is 6.08 Å². The van der Waals surface area contributed by atoms with Gasteiger partial charge in [-0.05, 0) is 43.0 Å². The smallest absolute Gasteiger partial charge is 0.196 e. The highest BCUT2D eigenvalue weighted by Gasteiger charge is 2.65. The van der Waals surface area contributed by atoms with Crippen molar-refractivity contribution >= 4 is 5.78 Å². The minimum absolute atomic E-state index is 0.0592. The summed E-state index contributed by atoms with van der Waals surface area (Å²) in [6.07, 6.45) is 3.96. The van der Waals surface area contributed by atoms with Gasteiger partial charge in [0.1, 0.15) is 0 Å². The first-order chi connectivity index (χ1) is 11.3. The summed E-state index contributed by atoms with van der Waals surface area (Å²) in [4.78, 5) is 12.7. The summed E-state index contributed by atoms with van der Waals surface area (Å²) >= 11 is 0. The van der Waals surface area contributed by atoms with Crippen LogP contribution in [0.5, 0.6) is 11.5 Å². The largest absolute Gasteiger partial charge is 0.493 e. The molecule has 0 aromatic heterocycles. The van der Waals surface area contributed by atoms with Gasteiger partial charge in [-0.1, -0.05) is 33.3 Å². The third-order valence-corrected chi connectivity index (χ3v) is 5.68. The molecule has 0 fully saturated rings. The van der Waals surface area contributed by atoms with E-state index >= 15 is 0 Å². The summed E-state index contributed by atoms with van der Waals surface area (Å²) in [5.41, 5.74) is 0.00571.